The number of amides is 2. The second kappa shape index (κ2) is 7.32. The standard InChI is InChI=1S/C25H22N4O2/c1-15-14-27-25(31)23-12-18-8-9-19(13-22(18)29(15)23)24(30)28-21-7-3-5-17(11-21)16-4-2-6-20(26)10-16/h2-13,15H,14,26H2,1H3,(H,27,31)(H,28,30). The number of nitrogens with one attached hydrogen (secondary N) is 2. The lowest BCUT2D eigenvalue weighted by atomic mass is 10.0. The molecular formula is C25H22N4O2. The first-order valence-electron chi connectivity index (χ1n) is 10.2. The van der Waals surface area contributed by atoms with Crippen molar-refractivity contribution < 1.29 is 9.59 Å². The van der Waals surface area contributed by atoms with Crippen LogP contribution in [0, 0.1) is 0 Å². The average molecular weight is 410 g/mol. The van der Waals surface area contributed by atoms with Crippen LogP contribution in [0.3, 0.4) is 0 Å². The quantitative estimate of drug-likeness (QED) is 0.436. The minimum atomic E-state index is -0.199. The number of nitrogens with two attached hydrogens (primary N) is 1. The second-order valence-corrected chi connectivity index (χ2v) is 7.89. The zero-order valence-corrected chi connectivity index (χ0v) is 17.1. The van der Waals surface area contributed by atoms with Crippen molar-refractivity contribution in [2.45, 2.75) is 13.0 Å². The number of aromatic nitrogens is 1. The Kier molecular flexibility index (Phi) is 4.47. The number of nitrogens with zero attached hydrogens (tertiary/aromatic N) is 1. The van der Waals surface area contributed by atoms with Crippen molar-refractivity contribution >= 4 is 34.1 Å². The zero-order valence-electron chi connectivity index (χ0n) is 17.1. The van der Waals surface area contributed by atoms with Crippen LogP contribution in [-0.4, -0.2) is 22.9 Å². The summed E-state index contributed by atoms with van der Waals surface area (Å²) in [6.07, 6.45) is 0. The maximum absolute atomic E-state index is 13.0. The fraction of sp³-hybridized carbons (Fsp3) is 0.120. The normalized spacial score (nSPS) is 15.4. The predicted molar refractivity (Wildman–Crippen MR) is 123 cm³/mol. The fourth-order valence-electron chi connectivity index (χ4n) is 4.13. The van der Waals surface area contributed by atoms with Gasteiger partial charge in [0.2, 0.25) is 0 Å². The minimum absolute atomic E-state index is 0.0846. The molecule has 4 N–H and O–H groups in total. The molecule has 1 unspecified atom stereocenters. The number of hydrogen-bond acceptors (Lipinski definition) is 3. The highest BCUT2D eigenvalue weighted by Gasteiger charge is 2.24. The predicted octanol–water partition coefficient (Wildman–Crippen LogP) is 4.45. The van der Waals surface area contributed by atoms with Gasteiger partial charge in [-0.2, -0.15) is 0 Å². The molecule has 31 heavy (non-hydrogen) atoms. The Labute approximate surface area is 179 Å². The number of rotatable bonds is 3. The highest BCUT2D eigenvalue weighted by atomic mass is 16.2. The summed E-state index contributed by atoms with van der Waals surface area (Å²) in [6, 6.07) is 22.8. The summed E-state index contributed by atoms with van der Waals surface area (Å²) in [6.45, 7) is 2.62. The molecule has 3 aromatic carbocycles. The average Bonchev–Trinajstić information content (AvgIpc) is 3.17. The van der Waals surface area contributed by atoms with Crippen LogP contribution in [0.25, 0.3) is 22.0 Å². The van der Waals surface area contributed by atoms with Crippen LogP contribution in [0.5, 0.6) is 0 Å². The van der Waals surface area contributed by atoms with Crippen LogP contribution < -0.4 is 16.4 Å². The number of nitrogen functional groups attached to an aromatic ring is 1. The maximum Gasteiger partial charge on any atom is 0.268 e. The molecule has 2 heterocycles. The SMILES string of the molecule is CC1CNC(=O)c2cc3ccc(C(=O)Nc4cccc(-c5cccc(N)c5)c4)cc3n21. The lowest BCUT2D eigenvalue weighted by Crippen LogP contribution is -2.37. The van der Waals surface area contributed by atoms with E-state index in [0.29, 0.717) is 29.2 Å². The van der Waals surface area contributed by atoms with Crippen molar-refractivity contribution in [3.8, 4) is 11.1 Å². The van der Waals surface area contributed by atoms with Crippen LogP contribution in [0.15, 0.2) is 72.8 Å². The lowest BCUT2D eigenvalue weighted by Gasteiger charge is -2.24. The Hall–Kier alpha value is -4.06. The molecule has 2 amide bonds. The summed E-state index contributed by atoms with van der Waals surface area (Å²) >= 11 is 0. The molecule has 1 aromatic heterocycles. The molecule has 4 aromatic rings. The summed E-state index contributed by atoms with van der Waals surface area (Å²) in [5.74, 6) is -0.284. The van der Waals surface area contributed by atoms with Gasteiger partial charge < -0.3 is 20.9 Å². The first kappa shape index (κ1) is 18.9. The molecule has 0 saturated heterocycles. The van der Waals surface area contributed by atoms with Crippen LogP contribution in [0.2, 0.25) is 0 Å². The Balaban J connectivity index is 1.45. The third-order valence-corrected chi connectivity index (χ3v) is 5.68. The van der Waals surface area contributed by atoms with Gasteiger partial charge in [-0.25, -0.2) is 0 Å². The van der Waals surface area contributed by atoms with Crippen molar-refractivity contribution in [1.82, 2.24) is 9.88 Å². The number of hydrogen-bond donors (Lipinski definition) is 3. The Bertz CT molecular complexity index is 1340. The Morgan fingerprint density at radius 1 is 1.03 bits per heavy atom. The van der Waals surface area contributed by atoms with Crippen LogP contribution >= 0.6 is 0 Å². The molecule has 0 fully saturated rings. The van der Waals surface area contributed by atoms with Crippen molar-refractivity contribution in [3.05, 3.63) is 84.1 Å². The van der Waals surface area contributed by atoms with Gasteiger partial charge in [-0.1, -0.05) is 30.3 Å². The van der Waals surface area contributed by atoms with Gasteiger partial charge in [0.1, 0.15) is 5.69 Å². The number of fused-ring (bicyclic) bond motifs is 3. The van der Waals surface area contributed by atoms with E-state index in [0.717, 1.165) is 22.0 Å². The van der Waals surface area contributed by atoms with Gasteiger partial charge in [0, 0.05) is 40.4 Å². The molecule has 0 spiro atoms. The first-order valence-corrected chi connectivity index (χ1v) is 10.2. The number of carbonyl (C=O) groups excluding carboxylic acids is 2. The molecule has 1 aliphatic rings. The first-order chi connectivity index (χ1) is 15.0. The topological polar surface area (TPSA) is 89.2 Å². The van der Waals surface area contributed by atoms with Crippen LogP contribution in [-0.2, 0) is 0 Å². The smallest absolute Gasteiger partial charge is 0.268 e. The van der Waals surface area contributed by atoms with E-state index in [1.54, 1.807) is 6.07 Å². The molecule has 6 nitrogen and oxygen atoms in total. The molecule has 0 aliphatic carbocycles. The van der Waals surface area contributed by atoms with Crippen molar-refractivity contribution in [3.63, 3.8) is 0 Å². The number of carbonyl (C=O) groups is 2. The highest BCUT2D eigenvalue weighted by molar-refractivity contribution is 6.07. The van der Waals surface area contributed by atoms with Gasteiger partial charge in [-0.05, 0) is 60.5 Å². The van der Waals surface area contributed by atoms with Gasteiger partial charge in [0.25, 0.3) is 11.8 Å². The maximum atomic E-state index is 13.0. The Morgan fingerprint density at radius 2 is 1.81 bits per heavy atom. The molecule has 154 valence electrons. The van der Waals surface area contributed by atoms with E-state index >= 15 is 0 Å². The fourth-order valence-corrected chi connectivity index (χ4v) is 4.13. The molecule has 1 atom stereocenters. The van der Waals surface area contributed by atoms with Crippen LogP contribution in [0.1, 0.15) is 33.8 Å². The van der Waals surface area contributed by atoms with E-state index in [1.165, 1.54) is 0 Å². The van der Waals surface area contributed by atoms with E-state index in [-0.39, 0.29) is 17.9 Å². The molecule has 1 aliphatic heterocycles. The molecular weight excluding hydrogens is 388 g/mol. The van der Waals surface area contributed by atoms with E-state index in [9.17, 15) is 9.59 Å². The molecule has 0 radical (unpaired) electrons. The van der Waals surface area contributed by atoms with Gasteiger partial charge in [-0.15, -0.1) is 0 Å². The van der Waals surface area contributed by atoms with Crippen molar-refractivity contribution in [2.24, 2.45) is 0 Å². The molecule has 0 bridgehead atoms. The number of benzene rings is 3. The van der Waals surface area contributed by atoms with E-state index < -0.39 is 0 Å². The third-order valence-electron chi connectivity index (χ3n) is 5.68. The molecule has 5 rings (SSSR count). The largest absolute Gasteiger partial charge is 0.399 e. The van der Waals surface area contributed by atoms with Gasteiger partial charge >= 0.3 is 0 Å². The van der Waals surface area contributed by atoms with Crippen molar-refractivity contribution in [2.75, 3.05) is 17.6 Å². The summed E-state index contributed by atoms with van der Waals surface area (Å²) in [7, 11) is 0. The van der Waals surface area contributed by atoms with Gasteiger partial charge in [0.05, 0.1) is 0 Å². The Morgan fingerprint density at radius 3 is 2.61 bits per heavy atom. The van der Waals surface area contributed by atoms with E-state index in [4.69, 9.17) is 5.73 Å². The van der Waals surface area contributed by atoms with Crippen molar-refractivity contribution in [1.29, 1.82) is 0 Å². The third kappa shape index (κ3) is 3.42. The lowest BCUT2D eigenvalue weighted by molar-refractivity contribution is 0.0919. The second-order valence-electron chi connectivity index (χ2n) is 7.89. The van der Waals surface area contributed by atoms with Gasteiger partial charge in [-0.3, -0.25) is 9.59 Å². The van der Waals surface area contributed by atoms with Crippen LogP contribution in [0.4, 0.5) is 11.4 Å². The van der Waals surface area contributed by atoms with Gasteiger partial charge in [0.15, 0.2) is 0 Å². The summed E-state index contributed by atoms with van der Waals surface area (Å²) < 4.78 is 2.01. The van der Waals surface area contributed by atoms with E-state index in [1.807, 2.05) is 71.3 Å². The molecule has 6 heteroatoms. The highest BCUT2D eigenvalue weighted by Crippen LogP contribution is 2.28. The minimum Gasteiger partial charge on any atom is -0.399 e. The van der Waals surface area contributed by atoms with E-state index in [2.05, 4.69) is 17.6 Å². The summed E-state index contributed by atoms with van der Waals surface area (Å²) in [5, 5.41) is 6.82. The number of anilines is 2. The molecule has 0 saturated carbocycles. The zero-order chi connectivity index (χ0) is 21.5. The summed E-state index contributed by atoms with van der Waals surface area (Å²) in [4.78, 5) is 25.2. The monoisotopic (exact) mass is 410 g/mol. The summed E-state index contributed by atoms with van der Waals surface area (Å²) in [5.41, 5.74) is 11.3.